The van der Waals surface area contributed by atoms with Crippen LogP contribution < -0.4 is 5.32 Å². The van der Waals surface area contributed by atoms with Crippen LogP contribution in [0.3, 0.4) is 0 Å². The van der Waals surface area contributed by atoms with E-state index in [-0.39, 0.29) is 11.6 Å². The van der Waals surface area contributed by atoms with E-state index >= 15 is 0 Å². The van der Waals surface area contributed by atoms with Gasteiger partial charge in [0.2, 0.25) is 5.95 Å². The van der Waals surface area contributed by atoms with Gasteiger partial charge in [0.1, 0.15) is 5.69 Å². The highest BCUT2D eigenvalue weighted by Gasteiger charge is 2.37. The van der Waals surface area contributed by atoms with Crippen LogP contribution in [0.15, 0.2) is 12.3 Å². The van der Waals surface area contributed by atoms with Gasteiger partial charge in [-0.05, 0) is 6.07 Å². The molecule has 1 amide bonds. The van der Waals surface area contributed by atoms with E-state index in [2.05, 4.69) is 25.6 Å². The number of alkyl halides is 3. The van der Waals surface area contributed by atoms with Gasteiger partial charge in [-0.2, -0.15) is 23.3 Å². The summed E-state index contributed by atoms with van der Waals surface area (Å²) >= 11 is 0. The predicted octanol–water partition coefficient (Wildman–Crippen LogP) is 0.809. The van der Waals surface area contributed by atoms with E-state index in [0.29, 0.717) is 0 Å². The highest BCUT2D eigenvalue weighted by atomic mass is 19.4. The first kappa shape index (κ1) is 12.1. The molecule has 0 saturated carbocycles. The largest absolute Gasteiger partial charge is 0.453 e. The smallest absolute Gasteiger partial charge is 0.289 e. The fraction of sp³-hybridized carbons (Fsp3) is 0.250. The number of aryl methyl sites for hydroxylation is 1. The van der Waals surface area contributed by atoms with Crippen molar-refractivity contribution in [3.05, 3.63) is 23.8 Å². The molecular formula is C8H7F3N6O. The van der Waals surface area contributed by atoms with Crippen LogP contribution in [0.4, 0.5) is 19.1 Å². The number of aromatic amines is 1. The van der Waals surface area contributed by atoms with Crippen LogP contribution in [0.1, 0.15) is 16.3 Å². The van der Waals surface area contributed by atoms with E-state index in [4.69, 9.17) is 0 Å². The number of anilines is 1. The van der Waals surface area contributed by atoms with Crippen molar-refractivity contribution in [1.29, 1.82) is 0 Å². The van der Waals surface area contributed by atoms with E-state index in [0.717, 1.165) is 4.68 Å². The Morgan fingerprint density at radius 1 is 1.50 bits per heavy atom. The third-order valence-corrected chi connectivity index (χ3v) is 1.99. The van der Waals surface area contributed by atoms with Crippen molar-refractivity contribution in [1.82, 2.24) is 25.0 Å². The van der Waals surface area contributed by atoms with Gasteiger partial charge in [0, 0.05) is 13.2 Å². The lowest BCUT2D eigenvalue weighted by atomic mass is 10.4. The maximum Gasteiger partial charge on any atom is 0.453 e. The number of hydrogen-bond donors (Lipinski definition) is 2. The number of hydrogen-bond acceptors (Lipinski definition) is 4. The Balaban J connectivity index is 2.20. The lowest BCUT2D eigenvalue weighted by Gasteiger charge is -2.00. The molecule has 0 fully saturated rings. The van der Waals surface area contributed by atoms with Gasteiger partial charge in [-0.3, -0.25) is 15.2 Å². The van der Waals surface area contributed by atoms with Gasteiger partial charge >= 0.3 is 6.18 Å². The highest BCUT2D eigenvalue weighted by molar-refractivity contribution is 6.01. The second-order valence-electron chi connectivity index (χ2n) is 3.30. The lowest BCUT2D eigenvalue weighted by Crippen LogP contribution is -2.15. The molecule has 0 unspecified atom stereocenters. The van der Waals surface area contributed by atoms with Gasteiger partial charge < -0.3 is 0 Å². The van der Waals surface area contributed by atoms with Gasteiger partial charge in [0.25, 0.3) is 11.7 Å². The normalized spacial score (nSPS) is 11.6. The van der Waals surface area contributed by atoms with Crippen molar-refractivity contribution in [2.24, 2.45) is 7.05 Å². The molecule has 2 rings (SSSR count). The zero-order valence-corrected chi connectivity index (χ0v) is 8.99. The molecule has 0 atom stereocenters. The molecule has 96 valence electrons. The minimum atomic E-state index is -4.66. The summed E-state index contributed by atoms with van der Waals surface area (Å²) < 4.78 is 37.8. The summed E-state index contributed by atoms with van der Waals surface area (Å²) in [5.41, 5.74) is 0.103. The van der Waals surface area contributed by atoms with Crippen molar-refractivity contribution in [2.45, 2.75) is 6.18 Å². The molecule has 0 aliphatic rings. The molecule has 0 spiro atoms. The van der Waals surface area contributed by atoms with Gasteiger partial charge in [-0.1, -0.05) is 0 Å². The zero-order valence-electron chi connectivity index (χ0n) is 8.99. The Morgan fingerprint density at radius 2 is 2.22 bits per heavy atom. The zero-order chi connectivity index (χ0) is 13.3. The summed E-state index contributed by atoms with van der Waals surface area (Å²) in [6.45, 7) is 0. The summed E-state index contributed by atoms with van der Waals surface area (Å²) in [6, 6.07) is 1.37. The van der Waals surface area contributed by atoms with Crippen LogP contribution in [-0.4, -0.2) is 30.9 Å². The minimum Gasteiger partial charge on any atom is -0.289 e. The van der Waals surface area contributed by atoms with Gasteiger partial charge in [0.05, 0.1) is 0 Å². The number of halogens is 3. The lowest BCUT2D eigenvalue weighted by molar-refractivity contribution is -0.144. The Labute approximate surface area is 98.0 Å². The molecule has 7 nitrogen and oxygen atoms in total. The van der Waals surface area contributed by atoms with Crippen LogP contribution in [0.25, 0.3) is 0 Å². The maximum atomic E-state index is 12.3. The second kappa shape index (κ2) is 4.13. The van der Waals surface area contributed by atoms with E-state index < -0.39 is 17.9 Å². The monoisotopic (exact) mass is 260 g/mol. The van der Waals surface area contributed by atoms with Crippen LogP contribution in [-0.2, 0) is 13.2 Å². The molecule has 0 bridgehead atoms. The molecule has 2 aromatic heterocycles. The van der Waals surface area contributed by atoms with Crippen LogP contribution in [0.5, 0.6) is 0 Å². The molecule has 2 aromatic rings. The first-order valence-corrected chi connectivity index (χ1v) is 4.67. The summed E-state index contributed by atoms with van der Waals surface area (Å²) in [5.74, 6) is -2.27. The Hall–Kier alpha value is -2.39. The third-order valence-electron chi connectivity index (χ3n) is 1.99. The number of carbonyl (C=O) groups is 1. The number of rotatable bonds is 2. The van der Waals surface area contributed by atoms with Crippen LogP contribution in [0, 0.1) is 0 Å². The fourth-order valence-corrected chi connectivity index (χ4v) is 1.16. The number of aromatic nitrogens is 5. The quantitative estimate of drug-likeness (QED) is 0.836. The first-order chi connectivity index (χ1) is 8.38. The summed E-state index contributed by atoms with van der Waals surface area (Å²) in [4.78, 5) is 14.7. The number of nitrogens with one attached hydrogen (secondary N) is 2. The van der Waals surface area contributed by atoms with Gasteiger partial charge in [0.15, 0.2) is 0 Å². The van der Waals surface area contributed by atoms with E-state index in [1.54, 1.807) is 0 Å². The Kier molecular flexibility index (Phi) is 2.77. The summed E-state index contributed by atoms with van der Waals surface area (Å²) in [6.07, 6.45) is -3.32. The van der Waals surface area contributed by atoms with Crippen molar-refractivity contribution in [2.75, 3.05) is 5.32 Å². The molecule has 0 aliphatic heterocycles. The molecular weight excluding hydrogens is 253 g/mol. The van der Waals surface area contributed by atoms with Crippen molar-refractivity contribution in [3.8, 4) is 0 Å². The first-order valence-electron chi connectivity index (χ1n) is 4.67. The van der Waals surface area contributed by atoms with Crippen LogP contribution >= 0.6 is 0 Å². The van der Waals surface area contributed by atoms with Crippen molar-refractivity contribution < 1.29 is 18.0 Å². The fourth-order valence-electron chi connectivity index (χ4n) is 1.16. The average Bonchev–Trinajstić information content (AvgIpc) is 2.87. The van der Waals surface area contributed by atoms with Gasteiger partial charge in [-0.15, -0.1) is 5.10 Å². The molecule has 0 aliphatic carbocycles. The number of amides is 1. The Morgan fingerprint density at radius 3 is 2.72 bits per heavy atom. The standard InChI is InChI=1S/C8H7F3N6O/c1-17-7(14-6(16-17)8(9,10)11)13-5(18)4-2-3-12-15-4/h2-3H,1H3,(H,12,15)(H,13,14,16,18). The highest BCUT2D eigenvalue weighted by Crippen LogP contribution is 2.26. The average molecular weight is 260 g/mol. The van der Waals surface area contributed by atoms with E-state index in [1.165, 1.54) is 19.3 Å². The number of nitrogens with zero attached hydrogens (tertiary/aromatic N) is 4. The Bertz CT molecular complexity index is 558. The molecule has 0 aromatic carbocycles. The molecule has 0 radical (unpaired) electrons. The number of H-pyrrole nitrogens is 1. The summed E-state index contributed by atoms with van der Waals surface area (Å²) in [5, 5.41) is 11.3. The maximum absolute atomic E-state index is 12.3. The van der Waals surface area contributed by atoms with Crippen LogP contribution in [0.2, 0.25) is 0 Å². The SMILES string of the molecule is Cn1nc(C(F)(F)F)nc1NC(=O)c1ccn[nH]1. The molecule has 2 N–H and O–H groups in total. The third kappa shape index (κ3) is 2.31. The van der Waals surface area contributed by atoms with E-state index in [9.17, 15) is 18.0 Å². The van der Waals surface area contributed by atoms with Crippen molar-refractivity contribution in [3.63, 3.8) is 0 Å². The molecule has 0 saturated heterocycles. The second-order valence-corrected chi connectivity index (χ2v) is 3.30. The van der Waals surface area contributed by atoms with Crippen molar-refractivity contribution >= 4 is 11.9 Å². The minimum absolute atomic E-state index is 0.103. The predicted molar refractivity (Wildman–Crippen MR) is 52.5 cm³/mol. The summed E-state index contributed by atoms with van der Waals surface area (Å²) in [7, 11) is 1.24. The molecule has 18 heavy (non-hydrogen) atoms. The molecule has 10 heteroatoms. The number of carbonyl (C=O) groups excluding carboxylic acids is 1. The topological polar surface area (TPSA) is 88.5 Å². The molecule has 2 heterocycles. The van der Waals surface area contributed by atoms with Gasteiger partial charge in [-0.25, -0.2) is 4.68 Å². The van der Waals surface area contributed by atoms with E-state index in [1.807, 2.05) is 0 Å².